The molecule has 0 saturated heterocycles. The molecule has 232 valence electrons. The number of nitrogens with zero attached hydrogens (tertiary/aromatic N) is 4. The van der Waals surface area contributed by atoms with Crippen molar-refractivity contribution in [2.75, 3.05) is 7.11 Å². The summed E-state index contributed by atoms with van der Waals surface area (Å²) in [7, 11) is 1.63. The van der Waals surface area contributed by atoms with E-state index >= 15 is 0 Å². The smallest absolute Gasteiger partial charge is 0.509 e. The number of benzene rings is 4. The van der Waals surface area contributed by atoms with Crippen LogP contribution in [0.15, 0.2) is 103 Å². The summed E-state index contributed by atoms with van der Waals surface area (Å²) in [5.41, 5.74) is 4.95. The Morgan fingerprint density at radius 1 is 0.783 bits per heavy atom. The standard InChI is InChI=1S/C38H32N4O3.Pt/c1-25-20-21-39-34(22-25)41-32-17-10-9-16-30(32)31-19-18-29(24-33(31)41)44-28-15-11-14-27(23-28)42-37(43-5)35(26-12-7-6-8-13-26)36(40-42)45-38(2,3)4;/h6-22H,1-5H3;/q-2;+2. The molecule has 7 aromatic rings. The van der Waals surface area contributed by atoms with Gasteiger partial charge in [0.1, 0.15) is 17.0 Å². The first-order valence-electron chi connectivity index (χ1n) is 14.8. The van der Waals surface area contributed by atoms with E-state index in [0.29, 0.717) is 28.9 Å². The topological polar surface area (TPSA) is 63.3 Å². The maximum atomic E-state index is 6.38. The van der Waals surface area contributed by atoms with E-state index in [0.717, 1.165) is 44.3 Å². The predicted octanol–water partition coefficient (Wildman–Crippen LogP) is 8.92. The maximum Gasteiger partial charge on any atom is 2.00 e. The van der Waals surface area contributed by atoms with E-state index in [2.05, 4.69) is 52.9 Å². The zero-order valence-electron chi connectivity index (χ0n) is 26.1. The number of hydrogen-bond acceptors (Lipinski definition) is 5. The van der Waals surface area contributed by atoms with Gasteiger partial charge in [-0.25, -0.2) is 9.67 Å². The molecular weight excluding hydrogens is 756 g/mol. The molecule has 0 aliphatic rings. The second kappa shape index (κ2) is 12.5. The van der Waals surface area contributed by atoms with Gasteiger partial charge in [-0.15, -0.1) is 40.8 Å². The van der Waals surface area contributed by atoms with E-state index in [1.807, 2.05) is 99.8 Å². The van der Waals surface area contributed by atoms with Crippen molar-refractivity contribution in [3.8, 4) is 45.9 Å². The van der Waals surface area contributed by atoms with Crippen LogP contribution in [0.1, 0.15) is 26.3 Å². The summed E-state index contributed by atoms with van der Waals surface area (Å²) in [6, 6.07) is 38.9. The maximum absolute atomic E-state index is 6.38. The minimum Gasteiger partial charge on any atom is -0.509 e. The van der Waals surface area contributed by atoms with Crippen LogP contribution in [0, 0.1) is 19.1 Å². The Bertz CT molecular complexity index is 2160. The molecule has 0 aliphatic carbocycles. The largest absolute Gasteiger partial charge is 2.00 e. The van der Waals surface area contributed by atoms with Crippen LogP contribution in [0.3, 0.4) is 0 Å². The van der Waals surface area contributed by atoms with Gasteiger partial charge in [-0.3, -0.25) is 0 Å². The van der Waals surface area contributed by atoms with E-state index in [9.17, 15) is 0 Å². The molecule has 0 amide bonds. The molecule has 0 fully saturated rings. The number of methoxy groups -OCH3 is 1. The first-order valence-corrected chi connectivity index (χ1v) is 14.8. The van der Waals surface area contributed by atoms with Crippen LogP contribution < -0.4 is 14.2 Å². The van der Waals surface area contributed by atoms with Crippen LogP contribution in [0.2, 0.25) is 0 Å². The van der Waals surface area contributed by atoms with Crippen LogP contribution >= 0.6 is 0 Å². The number of para-hydroxylation sites is 1. The van der Waals surface area contributed by atoms with Crippen LogP contribution in [0.25, 0.3) is 44.4 Å². The number of aryl methyl sites for hydroxylation is 1. The van der Waals surface area contributed by atoms with E-state index in [1.165, 1.54) is 0 Å². The summed E-state index contributed by atoms with van der Waals surface area (Å²) in [6.45, 7) is 8.05. The van der Waals surface area contributed by atoms with Gasteiger partial charge in [0.2, 0.25) is 11.8 Å². The molecule has 0 bridgehead atoms. The van der Waals surface area contributed by atoms with Crippen molar-refractivity contribution in [2.24, 2.45) is 0 Å². The minimum absolute atomic E-state index is 0. The summed E-state index contributed by atoms with van der Waals surface area (Å²) >= 11 is 0. The fraction of sp³-hybridized carbons (Fsp3) is 0.158. The average molecular weight is 788 g/mol. The van der Waals surface area contributed by atoms with E-state index < -0.39 is 5.60 Å². The molecule has 46 heavy (non-hydrogen) atoms. The fourth-order valence-electron chi connectivity index (χ4n) is 5.50. The summed E-state index contributed by atoms with van der Waals surface area (Å²) in [6.07, 6.45) is 1.83. The van der Waals surface area contributed by atoms with Gasteiger partial charge in [0, 0.05) is 23.2 Å². The molecule has 3 aromatic heterocycles. The van der Waals surface area contributed by atoms with Crippen molar-refractivity contribution >= 4 is 21.8 Å². The van der Waals surface area contributed by atoms with Crippen LogP contribution in [-0.4, -0.2) is 32.0 Å². The molecule has 7 nitrogen and oxygen atoms in total. The number of aromatic nitrogens is 4. The Morgan fingerprint density at radius 2 is 1.54 bits per heavy atom. The second-order valence-electron chi connectivity index (χ2n) is 11.8. The Hall–Kier alpha value is -4.87. The van der Waals surface area contributed by atoms with Gasteiger partial charge in [0.15, 0.2) is 0 Å². The first-order chi connectivity index (χ1) is 21.8. The molecule has 0 N–H and O–H groups in total. The van der Waals surface area contributed by atoms with Crippen LogP contribution in [0.4, 0.5) is 0 Å². The summed E-state index contributed by atoms with van der Waals surface area (Å²) in [5, 5.41) is 7.04. The van der Waals surface area contributed by atoms with Crippen LogP contribution in [-0.2, 0) is 21.1 Å². The van der Waals surface area contributed by atoms with Gasteiger partial charge in [-0.2, -0.15) is 12.1 Å². The fourth-order valence-corrected chi connectivity index (χ4v) is 5.50. The zero-order chi connectivity index (χ0) is 31.1. The Labute approximate surface area is 282 Å². The number of rotatable bonds is 7. The van der Waals surface area contributed by atoms with Gasteiger partial charge in [0.25, 0.3) is 0 Å². The van der Waals surface area contributed by atoms with Crippen molar-refractivity contribution in [1.82, 2.24) is 19.3 Å². The number of pyridine rings is 1. The summed E-state index contributed by atoms with van der Waals surface area (Å²) < 4.78 is 22.4. The first kappa shape index (κ1) is 31.1. The summed E-state index contributed by atoms with van der Waals surface area (Å²) in [4.78, 5) is 4.67. The molecule has 0 radical (unpaired) electrons. The zero-order valence-corrected chi connectivity index (χ0v) is 28.4. The van der Waals surface area contributed by atoms with Crippen molar-refractivity contribution in [2.45, 2.75) is 33.3 Å². The van der Waals surface area contributed by atoms with Gasteiger partial charge in [0.05, 0.1) is 7.11 Å². The van der Waals surface area contributed by atoms with Crippen molar-refractivity contribution in [1.29, 1.82) is 0 Å². The number of hydrogen-bond donors (Lipinski definition) is 0. The summed E-state index contributed by atoms with van der Waals surface area (Å²) in [5.74, 6) is 2.91. The van der Waals surface area contributed by atoms with E-state index in [4.69, 9.17) is 19.3 Å². The number of ether oxygens (including phenoxy) is 3. The van der Waals surface area contributed by atoms with Gasteiger partial charge < -0.3 is 18.8 Å². The van der Waals surface area contributed by atoms with Crippen molar-refractivity contribution in [3.05, 3.63) is 121 Å². The normalized spacial score (nSPS) is 11.4. The van der Waals surface area contributed by atoms with Gasteiger partial charge in [-0.05, 0) is 68.1 Å². The van der Waals surface area contributed by atoms with Crippen LogP contribution in [0.5, 0.6) is 23.3 Å². The van der Waals surface area contributed by atoms with Gasteiger partial charge >= 0.3 is 21.1 Å². The Morgan fingerprint density at radius 3 is 2.30 bits per heavy atom. The SMILES string of the molecule is COc1c(-c2ccccc2)c(OC(C)(C)C)nn1-c1[c-]c(Oc2[c-]c3c(cc2)c2ccccc2n3-c2cc(C)ccn2)ccc1.[Pt+2]. The predicted molar refractivity (Wildman–Crippen MR) is 177 cm³/mol. The molecule has 8 heteroatoms. The average Bonchev–Trinajstić information content (AvgIpc) is 3.55. The molecular formula is C38H32N4O3Pt. The third-order valence-corrected chi connectivity index (χ3v) is 7.36. The van der Waals surface area contributed by atoms with Crippen molar-refractivity contribution in [3.63, 3.8) is 0 Å². The molecule has 0 unspecified atom stereocenters. The van der Waals surface area contributed by atoms with E-state index in [-0.39, 0.29) is 21.1 Å². The second-order valence-corrected chi connectivity index (χ2v) is 11.8. The van der Waals surface area contributed by atoms with Crippen molar-refractivity contribution < 1.29 is 35.3 Å². The van der Waals surface area contributed by atoms with Gasteiger partial charge in [-0.1, -0.05) is 54.0 Å². The third-order valence-electron chi connectivity index (χ3n) is 7.36. The molecule has 4 aromatic carbocycles. The quantitative estimate of drug-likeness (QED) is 0.151. The minimum atomic E-state index is -0.465. The number of fused-ring (bicyclic) bond motifs is 3. The Balaban J connectivity index is 0.00000372. The Kier molecular flexibility index (Phi) is 8.45. The molecule has 3 heterocycles. The molecule has 0 saturated carbocycles. The van der Waals surface area contributed by atoms with E-state index in [1.54, 1.807) is 11.8 Å². The molecule has 0 atom stereocenters. The molecule has 0 aliphatic heterocycles. The third kappa shape index (κ3) is 5.91. The molecule has 0 spiro atoms. The molecule has 7 rings (SSSR count). The monoisotopic (exact) mass is 787 g/mol.